The zero-order chi connectivity index (χ0) is 20.1. The van der Waals surface area contributed by atoms with Crippen LogP contribution in [0.2, 0.25) is 0 Å². The predicted octanol–water partition coefficient (Wildman–Crippen LogP) is 1.43. The largest absolute Gasteiger partial charge is 0.503 e. The van der Waals surface area contributed by atoms with Gasteiger partial charge in [-0.15, -0.1) is 0 Å². The molecule has 0 radical (unpaired) electrons. The standard InChI is InChI=1S/C18H20N2O7/c1-4-26-18(24)15-17(27-9-13(19)22)16(23)14(10(2)21)20(15)11-5-7-12(25-3)8-6-11/h5-8,23H,4,9H2,1-3H3,(H2,19,22). The van der Waals surface area contributed by atoms with Crippen LogP contribution in [-0.4, -0.2) is 47.7 Å². The normalized spacial score (nSPS) is 10.3. The molecule has 0 aliphatic carbocycles. The Kier molecular flexibility index (Phi) is 6.07. The summed E-state index contributed by atoms with van der Waals surface area (Å²) in [5.41, 5.74) is 5.03. The fourth-order valence-electron chi connectivity index (χ4n) is 2.52. The molecule has 0 saturated carbocycles. The fourth-order valence-corrected chi connectivity index (χ4v) is 2.52. The van der Waals surface area contributed by atoms with E-state index in [0.29, 0.717) is 11.4 Å². The first-order valence-electron chi connectivity index (χ1n) is 8.03. The monoisotopic (exact) mass is 376 g/mol. The molecule has 144 valence electrons. The van der Waals surface area contributed by atoms with Crippen LogP contribution < -0.4 is 15.2 Å². The number of nitrogens with two attached hydrogens (primary N) is 1. The Balaban J connectivity index is 2.76. The summed E-state index contributed by atoms with van der Waals surface area (Å²) in [4.78, 5) is 35.8. The topological polar surface area (TPSA) is 130 Å². The number of aromatic hydroxyl groups is 1. The van der Waals surface area contributed by atoms with E-state index in [1.165, 1.54) is 18.6 Å². The second-order valence-electron chi connectivity index (χ2n) is 5.44. The SMILES string of the molecule is CCOC(=O)c1c(OCC(N)=O)c(O)c(C(C)=O)n1-c1ccc(OC)cc1. The highest BCUT2D eigenvalue weighted by Crippen LogP contribution is 2.40. The van der Waals surface area contributed by atoms with Crippen LogP contribution in [0.3, 0.4) is 0 Å². The number of carbonyl (C=O) groups is 3. The number of ketones is 1. The summed E-state index contributed by atoms with van der Waals surface area (Å²) in [6.07, 6.45) is 0. The van der Waals surface area contributed by atoms with Crippen LogP contribution in [0, 0.1) is 0 Å². The van der Waals surface area contributed by atoms with Gasteiger partial charge in [0.2, 0.25) is 0 Å². The van der Waals surface area contributed by atoms with E-state index in [0.717, 1.165) is 0 Å². The third-order valence-electron chi connectivity index (χ3n) is 3.59. The molecule has 0 atom stereocenters. The number of hydrogen-bond donors (Lipinski definition) is 2. The van der Waals surface area contributed by atoms with Crippen LogP contribution in [0.15, 0.2) is 24.3 Å². The van der Waals surface area contributed by atoms with Gasteiger partial charge in [0, 0.05) is 12.6 Å². The molecule has 1 aromatic heterocycles. The van der Waals surface area contributed by atoms with Gasteiger partial charge in [0.1, 0.15) is 11.4 Å². The van der Waals surface area contributed by atoms with Crippen LogP contribution in [0.4, 0.5) is 0 Å². The Morgan fingerprint density at radius 1 is 1.15 bits per heavy atom. The average molecular weight is 376 g/mol. The highest BCUT2D eigenvalue weighted by atomic mass is 16.5. The lowest BCUT2D eigenvalue weighted by Crippen LogP contribution is -2.21. The van der Waals surface area contributed by atoms with E-state index in [9.17, 15) is 19.5 Å². The molecule has 9 heteroatoms. The van der Waals surface area contributed by atoms with Crippen molar-refractivity contribution < 1.29 is 33.7 Å². The minimum atomic E-state index is -0.837. The molecule has 0 bridgehead atoms. The number of rotatable bonds is 8. The molecular weight excluding hydrogens is 356 g/mol. The molecule has 0 saturated heterocycles. The molecule has 1 amide bonds. The van der Waals surface area contributed by atoms with Crippen LogP contribution in [-0.2, 0) is 9.53 Å². The molecule has 2 aromatic rings. The van der Waals surface area contributed by atoms with Gasteiger partial charge in [-0.05, 0) is 31.2 Å². The van der Waals surface area contributed by atoms with E-state index in [1.807, 2.05) is 0 Å². The molecule has 2 rings (SSSR count). The lowest BCUT2D eigenvalue weighted by atomic mass is 10.2. The molecular formula is C18H20N2O7. The second-order valence-corrected chi connectivity index (χ2v) is 5.44. The first-order valence-corrected chi connectivity index (χ1v) is 8.03. The van der Waals surface area contributed by atoms with E-state index in [-0.39, 0.29) is 23.7 Å². The molecule has 0 fully saturated rings. The van der Waals surface area contributed by atoms with Crippen molar-refractivity contribution in [3.05, 3.63) is 35.7 Å². The van der Waals surface area contributed by atoms with Crippen LogP contribution >= 0.6 is 0 Å². The fraction of sp³-hybridized carbons (Fsp3) is 0.278. The first kappa shape index (κ1) is 19.8. The number of carbonyl (C=O) groups excluding carboxylic acids is 3. The number of Topliss-reactive ketones (excluding diaryl/α,β-unsaturated/α-hetero) is 1. The van der Waals surface area contributed by atoms with Crippen molar-refractivity contribution in [2.24, 2.45) is 5.73 Å². The highest BCUT2D eigenvalue weighted by Gasteiger charge is 2.32. The van der Waals surface area contributed by atoms with Gasteiger partial charge in [-0.1, -0.05) is 0 Å². The van der Waals surface area contributed by atoms with E-state index in [2.05, 4.69) is 0 Å². The van der Waals surface area contributed by atoms with Crippen molar-refractivity contribution >= 4 is 17.7 Å². The molecule has 1 heterocycles. The Morgan fingerprint density at radius 2 is 1.78 bits per heavy atom. The maximum atomic E-state index is 12.5. The van der Waals surface area contributed by atoms with Gasteiger partial charge < -0.3 is 25.1 Å². The Bertz CT molecular complexity index is 869. The van der Waals surface area contributed by atoms with E-state index in [4.69, 9.17) is 19.9 Å². The number of ether oxygens (including phenoxy) is 3. The van der Waals surface area contributed by atoms with Crippen LogP contribution in [0.25, 0.3) is 5.69 Å². The van der Waals surface area contributed by atoms with Gasteiger partial charge >= 0.3 is 5.97 Å². The molecule has 0 aliphatic rings. The maximum Gasteiger partial charge on any atom is 0.359 e. The van der Waals surface area contributed by atoms with Gasteiger partial charge in [-0.2, -0.15) is 0 Å². The van der Waals surface area contributed by atoms with Crippen molar-refractivity contribution in [2.75, 3.05) is 20.3 Å². The average Bonchev–Trinajstić information content (AvgIpc) is 2.92. The van der Waals surface area contributed by atoms with E-state index in [1.54, 1.807) is 31.2 Å². The molecule has 27 heavy (non-hydrogen) atoms. The smallest absolute Gasteiger partial charge is 0.359 e. The van der Waals surface area contributed by atoms with Crippen molar-refractivity contribution in [3.8, 4) is 22.9 Å². The third kappa shape index (κ3) is 4.02. The van der Waals surface area contributed by atoms with E-state index >= 15 is 0 Å². The number of methoxy groups -OCH3 is 1. The minimum absolute atomic E-state index is 0.0536. The summed E-state index contributed by atoms with van der Waals surface area (Å²) in [6.45, 7) is 2.29. The highest BCUT2D eigenvalue weighted by molar-refractivity contribution is 6.02. The van der Waals surface area contributed by atoms with Gasteiger partial charge in [0.05, 0.1) is 13.7 Å². The molecule has 0 aliphatic heterocycles. The summed E-state index contributed by atoms with van der Waals surface area (Å²) in [6, 6.07) is 6.42. The number of hydrogen-bond acceptors (Lipinski definition) is 7. The Labute approximate surface area is 155 Å². The molecule has 0 spiro atoms. The van der Waals surface area contributed by atoms with Crippen molar-refractivity contribution in [1.82, 2.24) is 4.57 Å². The molecule has 9 nitrogen and oxygen atoms in total. The van der Waals surface area contributed by atoms with Gasteiger partial charge in [-0.25, -0.2) is 4.79 Å². The molecule has 3 N–H and O–H groups in total. The third-order valence-corrected chi connectivity index (χ3v) is 3.59. The molecule has 0 unspecified atom stereocenters. The number of primary amides is 1. The number of esters is 1. The quantitative estimate of drug-likeness (QED) is 0.526. The van der Waals surface area contributed by atoms with Gasteiger partial charge in [-0.3, -0.25) is 14.2 Å². The summed E-state index contributed by atoms with van der Waals surface area (Å²) >= 11 is 0. The maximum absolute atomic E-state index is 12.5. The van der Waals surface area contributed by atoms with Gasteiger partial charge in [0.15, 0.2) is 29.6 Å². The lowest BCUT2D eigenvalue weighted by Gasteiger charge is -2.12. The first-order chi connectivity index (χ1) is 12.8. The van der Waals surface area contributed by atoms with E-state index < -0.39 is 30.0 Å². The second kappa shape index (κ2) is 8.26. The summed E-state index contributed by atoms with van der Waals surface area (Å²) in [7, 11) is 1.50. The van der Waals surface area contributed by atoms with Crippen molar-refractivity contribution in [1.29, 1.82) is 0 Å². The summed E-state index contributed by atoms with van der Waals surface area (Å²) in [5, 5.41) is 10.5. The number of amides is 1. The lowest BCUT2D eigenvalue weighted by molar-refractivity contribution is -0.120. The summed E-state index contributed by atoms with van der Waals surface area (Å²) < 4.78 is 16.6. The zero-order valence-corrected chi connectivity index (χ0v) is 15.1. The predicted molar refractivity (Wildman–Crippen MR) is 94.6 cm³/mol. The summed E-state index contributed by atoms with van der Waals surface area (Å²) in [5.74, 6) is -2.55. The Hall–Kier alpha value is -3.49. The van der Waals surface area contributed by atoms with Crippen LogP contribution in [0.5, 0.6) is 17.2 Å². The van der Waals surface area contributed by atoms with Crippen LogP contribution in [0.1, 0.15) is 34.8 Å². The zero-order valence-electron chi connectivity index (χ0n) is 15.1. The van der Waals surface area contributed by atoms with Crippen molar-refractivity contribution in [3.63, 3.8) is 0 Å². The number of nitrogens with zero attached hydrogens (tertiary/aromatic N) is 1. The van der Waals surface area contributed by atoms with Gasteiger partial charge in [0.25, 0.3) is 5.91 Å². The molecule has 1 aromatic carbocycles. The number of aromatic nitrogens is 1. The number of benzene rings is 1. The minimum Gasteiger partial charge on any atom is -0.503 e. The van der Waals surface area contributed by atoms with Crippen molar-refractivity contribution in [2.45, 2.75) is 13.8 Å². The Morgan fingerprint density at radius 3 is 2.26 bits per heavy atom.